The van der Waals surface area contributed by atoms with Crippen LogP contribution in [0, 0.1) is 6.92 Å². The Morgan fingerprint density at radius 2 is 1.97 bits per heavy atom. The van der Waals surface area contributed by atoms with Crippen molar-refractivity contribution in [3.63, 3.8) is 0 Å². The number of nitrogens with one attached hydrogen (secondary N) is 1. The molecule has 1 aliphatic rings. The van der Waals surface area contributed by atoms with E-state index in [0.29, 0.717) is 18.5 Å². The molecule has 1 aliphatic heterocycles. The molecule has 1 aromatic carbocycles. The van der Waals surface area contributed by atoms with E-state index in [1.54, 1.807) is 48.3 Å². The van der Waals surface area contributed by atoms with Crippen molar-refractivity contribution >= 4 is 21.9 Å². The number of anilines is 1. The molecule has 0 aliphatic carbocycles. The van der Waals surface area contributed by atoms with Crippen molar-refractivity contribution in [1.29, 1.82) is 0 Å². The first-order chi connectivity index (χ1) is 13.9. The number of carbonyl (C=O) groups excluding carboxylic acids is 1. The zero-order chi connectivity index (χ0) is 20.6. The van der Waals surface area contributed by atoms with Crippen LogP contribution in [-0.2, 0) is 21.9 Å². The van der Waals surface area contributed by atoms with Crippen LogP contribution in [0.4, 0.5) is 6.01 Å². The van der Waals surface area contributed by atoms with E-state index >= 15 is 0 Å². The van der Waals surface area contributed by atoms with Gasteiger partial charge in [-0.25, -0.2) is 8.42 Å². The quantitative estimate of drug-likeness (QED) is 0.669. The van der Waals surface area contributed by atoms with Crippen molar-refractivity contribution in [3.8, 4) is 11.6 Å². The van der Waals surface area contributed by atoms with Gasteiger partial charge in [-0.3, -0.25) is 14.8 Å². The molecule has 1 fully saturated rings. The number of sulfonamides is 1. The summed E-state index contributed by atoms with van der Waals surface area (Å²) in [5.41, 5.74) is 1.56. The van der Waals surface area contributed by atoms with E-state index in [1.165, 1.54) is 4.31 Å². The molecular weight excluding hydrogens is 396 g/mol. The summed E-state index contributed by atoms with van der Waals surface area (Å²) in [6.07, 6.45) is 2.59. The molecule has 3 aromatic rings. The molecule has 2 aromatic heterocycles. The smallest absolute Gasteiger partial charge is 0.322 e. The molecule has 29 heavy (non-hydrogen) atoms. The van der Waals surface area contributed by atoms with Crippen LogP contribution in [0.2, 0.25) is 0 Å². The molecule has 0 bridgehead atoms. The molecule has 1 saturated heterocycles. The minimum absolute atomic E-state index is 0.0919. The number of rotatable bonds is 5. The maximum Gasteiger partial charge on any atom is 0.322 e. The van der Waals surface area contributed by atoms with E-state index in [2.05, 4.69) is 20.6 Å². The second-order valence-corrected chi connectivity index (χ2v) is 8.72. The van der Waals surface area contributed by atoms with Crippen molar-refractivity contribution < 1.29 is 17.6 Å². The minimum atomic E-state index is -3.78. The van der Waals surface area contributed by atoms with Gasteiger partial charge < -0.3 is 4.42 Å². The topological polar surface area (TPSA) is 123 Å². The van der Waals surface area contributed by atoms with Gasteiger partial charge >= 0.3 is 6.01 Å². The van der Waals surface area contributed by atoms with Gasteiger partial charge in [-0.05, 0) is 38.0 Å². The maximum absolute atomic E-state index is 13.0. The summed E-state index contributed by atoms with van der Waals surface area (Å²) < 4.78 is 34.3. The first-order valence-electron chi connectivity index (χ1n) is 9.07. The van der Waals surface area contributed by atoms with Crippen molar-refractivity contribution in [2.24, 2.45) is 7.05 Å². The van der Waals surface area contributed by atoms with Crippen molar-refractivity contribution in [3.05, 3.63) is 42.1 Å². The van der Waals surface area contributed by atoms with Gasteiger partial charge in [0.05, 0.1) is 4.90 Å². The zero-order valence-corrected chi connectivity index (χ0v) is 16.8. The van der Waals surface area contributed by atoms with Crippen LogP contribution < -0.4 is 5.32 Å². The molecule has 3 heterocycles. The number of aromatic nitrogens is 4. The van der Waals surface area contributed by atoms with Crippen molar-refractivity contribution in [2.75, 3.05) is 11.9 Å². The number of nitrogens with zero attached hydrogens (tertiary/aromatic N) is 5. The Labute approximate surface area is 167 Å². The highest BCUT2D eigenvalue weighted by atomic mass is 32.2. The van der Waals surface area contributed by atoms with E-state index in [-0.39, 0.29) is 23.3 Å². The molecule has 0 radical (unpaired) electrons. The molecule has 1 amide bonds. The second kappa shape index (κ2) is 7.41. The van der Waals surface area contributed by atoms with Crippen LogP contribution in [-0.4, -0.2) is 51.2 Å². The Hall–Kier alpha value is -3.05. The summed E-state index contributed by atoms with van der Waals surface area (Å²) in [4.78, 5) is 12.9. The Kier molecular flexibility index (Phi) is 4.92. The molecule has 1 N–H and O–H groups in total. The standard InChI is InChI=1S/C18H20N6O4S/c1-12-5-7-13(8-6-12)29(26,27)24-11-3-4-14(24)16(25)20-18-22-21-17(28-18)15-9-10-19-23(15)2/h5-10,14H,3-4,11H2,1-2H3,(H,20,22,25). The van der Waals surface area contributed by atoms with Crippen LogP contribution in [0.15, 0.2) is 45.8 Å². The van der Waals surface area contributed by atoms with Gasteiger partial charge in [0.25, 0.3) is 5.89 Å². The van der Waals surface area contributed by atoms with Crippen LogP contribution in [0.5, 0.6) is 0 Å². The third kappa shape index (κ3) is 3.66. The van der Waals surface area contributed by atoms with Gasteiger partial charge in [-0.1, -0.05) is 22.8 Å². The summed E-state index contributed by atoms with van der Waals surface area (Å²) in [7, 11) is -2.06. The Morgan fingerprint density at radius 3 is 2.66 bits per heavy atom. The van der Waals surface area contributed by atoms with Crippen molar-refractivity contribution in [1.82, 2.24) is 24.3 Å². The summed E-state index contributed by atoms with van der Waals surface area (Å²) in [6.45, 7) is 2.16. The highest BCUT2D eigenvalue weighted by Gasteiger charge is 2.39. The minimum Gasteiger partial charge on any atom is -0.401 e. The Bertz CT molecular complexity index is 1140. The largest absolute Gasteiger partial charge is 0.401 e. The lowest BCUT2D eigenvalue weighted by molar-refractivity contribution is -0.119. The number of hydrogen-bond acceptors (Lipinski definition) is 7. The Balaban J connectivity index is 1.52. The maximum atomic E-state index is 13.0. The molecule has 0 saturated carbocycles. The summed E-state index contributed by atoms with van der Waals surface area (Å²) in [6, 6.07) is 7.34. The monoisotopic (exact) mass is 416 g/mol. The van der Waals surface area contributed by atoms with Gasteiger partial charge in [0.1, 0.15) is 11.7 Å². The number of aryl methyl sites for hydroxylation is 2. The zero-order valence-electron chi connectivity index (χ0n) is 15.9. The molecule has 0 spiro atoms. The third-order valence-electron chi connectivity index (χ3n) is 4.83. The van der Waals surface area contributed by atoms with Crippen LogP contribution in [0.3, 0.4) is 0 Å². The van der Waals surface area contributed by atoms with Crippen molar-refractivity contribution in [2.45, 2.75) is 30.7 Å². The predicted molar refractivity (Wildman–Crippen MR) is 103 cm³/mol. The lowest BCUT2D eigenvalue weighted by Gasteiger charge is -2.22. The predicted octanol–water partition coefficient (Wildman–Crippen LogP) is 1.57. The molecule has 11 heteroatoms. The number of carbonyl (C=O) groups is 1. The fourth-order valence-electron chi connectivity index (χ4n) is 3.29. The van der Waals surface area contributed by atoms with Crippen LogP contribution >= 0.6 is 0 Å². The highest BCUT2D eigenvalue weighted by molar-refractivity contribution is 7.89. The second-order valence-electron chi connectivity index (χ2n) is 6.83. The van der Waals surface area contributed by atoms with E-state index in [4.69, 9.17) is 4.42 Å². The molecular formula is C18H20N6O4S. The first kappa shape index (κ1) is 19.3. The molecule has 4 rings (SSSR count). The fraction of sp³-hybridized carbons (Fsp3) is 0.333. The molecule has 1 unspecified atom stereocenters. The van der Waals surface area contributed by atoms with Gasteiger partial charge in [-0.2, -0.15) is 9.40 Å². The number of hydrogen-bond donors (Lipinski definition) is 1. The lowest BCUT2D eigenvalue weighted by Crippen LogP contribution is -2.43. The average Bonchev–Trinajstić information content (AvgIpc) is 3.42. The number of amides is 1. The third-order valence-corrected chi connectivity index (χ3v) is 6.75. The van der Waals surface area contributed by atoms with Gasteiger partial charge in [0.2, 0.25) is 15.9 Å². The SMILES string of the molecule is Cc1ccc(S(=O)(=O)N2CCCC2C(=O)Nc2nnc(-c3ccnn3C)o2)cc1. The van der Waals surface area contributed by atoms with Gasteiger partial charge in [0, 0.05) is 19.8 Å². The summed E-state index contributed by atoms with van der Waals surface area (Å²) in [5, 5.41) is 14.3. The average molecular weight is 416 g/mol. The molecule has 10 nitrogen and oxygen atoms in total. The van der Waals surface area contributed by atoms with E-state index in [0.717, 1.165) is 5.56 Å². The van der Waals surface area contributed by atoms with Crippen LogP contribution in [0.1, 0.15) is 18.4 Å². The van der Waals surface area contributed by atoms with E-state index in [9.17, 15) is 13.2 Å². The van der Waals surface area contributed by atoms with Gasteiger partial charge in [-0.15, -0.1) is 5.10 Å². The highest BCUT2D eigenvalue weighted by Crippen LogP contribution is 2.27. The summed E-state index contributed by atoms with van der Waals surface area (Å²) in [5.74, 6) is -0.297. The number of benzene rings is 1. The normalized spacial score (nSPS) is 17.5. The lowest BCUT2D eigenvalue weighted by atomic mass is 10.2. The first-order valence-corrected chi connectivity index (χ1v) is 10.5. The van der Waals surface area contributed by atoms with E-state index < -0.39 is 22.0 Å². The van der Waals surface area contributed by atoms with Gasteiger partial charge in [0.15, 0.2) is 0 Å². The summed E-state index contributed by atoms with van der Waals surface area (Å²) >= 11 is 0. The Morgan fingerprint density at radius 1 is 1.21 bits per heavy atom. The molecule has 1 atom stereocenters. The molecule has 152 valence electrons. The fourth-order valence-corrected chi connectivity index (χ4v) is 4.94. The van der Waals surface area contributed by atoms with E-state index in [1.807, 2.05) is 6.92 Å². The van der Waals surface area contributed by atoms with Crippen LogP contribution in [0.25, 0.3) is 11.6 Å².